The topological polar surface area (TPSA) is 32.7 Å². The number of anilines is 1. The number of benzene rings is 5. The normalized spacial score (nSPS) is 14.9. The number of rotatable bonds is 6. The van der Waals surface area contributed by atoms with Crippen LogP contribution in [0.2, 0.25) is 0 Å². The molecule has 0 aliphatic carbocycles. The van der Waals surface area contributed by atoms with E-state index in [-0.39, 0.29) is 5.91 Å². The number of carbonyl (C=O) groups excluding carboxylic acids is 1. The molecular formula is C35H28N2O. The highest BCUT2D eigenvalue weighted by Crippen LogP contribution is 2.31. The summed E-state index contributed by atoms with van der Waals surface area (Å²) < 4.78 is 0. The van der Waals surface area contributed by atoms with Gasteiger partial charge in [0, 0.05) is 17.5 Å². The fourth-order valence-electron chi connectivity index (χ4n) is 5.11. The minimum Gasteiger partial charge on any atom is -0.305 e. The van der Waals surface area contributed by atoms with Crippen molar-refractivity contribution in [3.8, 4) is 11.1 Å². The first-order valence-electron chi connectivity index (χ1n) is 13.0. The van der Waals surface area contributed by atoms with E-state index in [0.29, 0.717) is 13.0 Å². The highest BCUT2D eigenvalue weighted by molar-refractivity contribution is 6.20. The molecule has 1 aliphatic rings. The van der Waals surface area contributed by atoms with Crippen LogP contribution in [0.15, 0.2) is 145 Å². The Bertz CT molecular complexity index is 1580. The zero-order valence-corrected chi connectivity index (χ0v) is 21.1. The Morgan fingerprint density at radius 1 is 0.579 bits per heavy atom. The first kappa shape index (κ1) is 23.6. The maximum Gasteiger partial charge on any atom is 0.252 e. The van der Waals surface area contributed by atoms with Crippen LogP contribution >= 0.6 is 0 Å². The SMILES string of the molecule is O=C1[C@H](Cc2ccccc2)N=C(c2ccccc2)c2ccccc2N1Cc1cccc(-c2ccccc2)c1. The number of para-hydroxylation sites is 1. The Labute approximate surface area is 223 Å². The summed E-state index contributed by atoms with van der Waals surface area (Å²) in [6, 6.07) is 46.8. The van der Waals surface area contributed by atoms with E-state index in [2.05, 4.69) is 66.7 Å². The van der Waals surface area contributed by atoms with Gasteiger partial charge in [0.15, 0.2) is 0 Å². The summed E-state index contributed by atoms with van der Waals surface area (Å²) in [5.74, 6) is 0.0114. The number of fused-ring (bicyclic) bond motifs is 1. The molecule has 1 aliphatic heterocycles. The minimum absolute atomic E-state index is 0.0114. The van der Waals surface area contributed by atoms with Gasteiger partial charge in [0.2, 0.25) is 0 Å². The summed E-state index contributed by atoms with van der Waals surface area (Å²) in [6.45, 7) is 0.472. The van der Waals surface area contributed by atoms with Gasteiger partial charge in [-0.1, -0.05) is 127 Å². The van der Waals surface area contributed by atoms with Crippen molar-refractivity contribution in [1.29, 1.82) is 0 Å². The zero-order chi connectivity index (χ0) is 25.7. The fraction of sp³-hybridized carbons (Fsp3) is 0.0857. The van der Waals surface area contributed by atoms with Gasteiger partial charge in [-0.15, -0.1) is 0 Å². The molecule has 1 amide bonds. The van der Waals surface area contributed by atoms with Gasteiger partial charge in [0.25, 0.3) is 5.91 Å². The molecule has 0 unspecified atom stereocenters. The van der Waals surface area contributed by atoms with Crippen LogP contribution in [0.3, 0.4) is 0 Å². The molecule has 1 heterocycles. The average Bonchev–Trinajstić information content (AvgIpc) is 3.10. The molecule has 0 aromatic heterocycles. The predicted octanol–water partition coefficient (Wildman–Crippen LogP) is 7.35. The van der Waals surface area contributed by atoms with Crippen molar-refractivity contribution in [3.63, 3.8) is 0 Å². The average molecular weight is 493 g/mol. The summed E-state index contributed by atoms with van der Waals surface area (Å²) in [4.78, 5) is 21.3. The van der Waals surface area contributed by atoms with Crippen molar-refractivity contribution >= 4 is 17.3 Å². The predicted molar refractivity (Wildman–Crippen MR) is 156 cm³/mol. The van der Waals surface area contributed by atoms with Crippen molar-refractivity contribution in [3.05, 3.63) is 162 Å². The van der Waals surface area contributed by atoms with E-state index >= 15 is 0 Å². The van der Waals surface area contributed by atoms with Gasteiger partial charge in [0.1, 0.15) is 6.04 Å². The van der Waals surface area contributed by atoms with Crippen molar-refractivity contribution in [2.75, 3.05) is 4.90 Å². The molecule has 0 radical (unpaired) electrons. The molecule has 0 N–H and O–H groups in total. The first-order valence-corrected chi connectivity index (χ1v) is 13.0. The Balaban J connectivity index is 1.44. The van der Waals surface area contributed by atoms with E-state index in [4.69, 9.17) is 4.99 Å². The van der Waals surface area contributed by atoms with Gasteiger partial charge >= 0.3 is 0 Å². The van der Waals surface area contributed by atoms with Crippen LogP contribution in [0.4, 0.5) is 5.69 Å². The van der Waals surface area contributed by atoms with Crippen LogP contribution in [-0.2, 0) is 17.8 Å². The number of carbonyl (C=O) groups is 1. The van der Waals surface area contributed by atoms with Gasteiger partial charge in [-0.05, 0) is 34.4 Å². The van der Waals surface area contributed by atoms with Crippen LogP contribution in [-0.4, -0.2) is 17.7 Å². The number of aliphatic imine (C=N–C) groups is 1. The lowest BCUT2D eigenvalue weighted by Gasteiger charge is -2.26. The first-order chi connectivity index (χ1) is 18.8. The van der Waals surface area contributed by atoms with Crippen molar-refractivity contribution < 1.29 is 4.79 Å². The monoisotopic (exact) mass is 492 g/mol. The molecule has 0 spiro atoms. The van der Waals surface area contributed by atoms with Crippen LogP contribution in [0.5, 0.6) is 0 Å². The smallest absolute Gasteiger partial charge is 0.252 e. The Morgan fingerprint density at radius 2 is 1.16 bits per heavy atom. The third kappa shape index (κ3) is 4.91. The molecule has 1 atom stereocenters. The highest BCUT2D eigenvalue weighted by atomic mass is 16.2. The lowest BCUT2D eigenvalue weighted by molar-refractivity contribution is -0.119. The standard InChI is InChI=1S/C35H28N2O/c38-35-32(24-26-13-4-1-5-14-26)36-34(29-18-8-3-9-19-29)31-21-10-11-22-33(31)37(35)25-27-15-12-20-30(23-27)28-16-6-2-7-17-28/h1-23,32H,24-25H2/t32-/m0/s1. The molecule has 5 aromatic carbocycles. The van der Waals surface area contributed by atoms with Gasteiger partial charge in [-0.2, -0.15) is 0 Å². The summed E-state index contributed by atoms with van der Waals surface area (Å²) in [5, 5.41) is 0. The van der Waals surface area contributed by atoms with Gasteiger partial charge < -0.3 is 4.90 Å². The van der Waals surface area contributed by atoms with E-state index in [9.17, 15) is 4.79 Å². The van der Waals surface area contributed by atoms with Gasteiger partial charge in [0.05, 0.1) is 17.9 Å². The van der Waals surface area contributed by atoms with E-state index in [1.807, 2.05) is 77.7 Å². The largest absolute Gasteiger partial charge is 0.305 e. The van der Waals surface area contributed by atoms with E-state index in [1.165, 1.54) is 0 Å². The maximum atomic E-state index is 14.3. The summed E-state index contributed by atoms with van der Waals surface area (Å²) in [7, 11) is 0. The number of nitrogens with zero attached hydrogens (tertiary/aromatic N) is 2. The molecule has 5 aromatic rings. The van der Waals surface area contributed by atoms with Crippen LogP contribution < -0.4 is 4.90 Å². The fourth-order valence-corrected chi connectivity index (χ4v) is 5.11. The van der Waals surface area contributed by atoms with E-state index < -0.39 is 6.04 Å². The number of hydrogen-bond donors (Lipinski definition) is 0. The second-order valence-corrected chi connectivity index (χ2v) is 9.56. The van der Waals surface area contributed by atoms with E-state index in [1.54, 1.807) is 0 Å². The van der Waals surface area contributed by atoms with Crippen molar-refractivity contribution in [2.45, 2.75) is 19.0 Å². The van der Waals surface area contributed by atoms with Gasteiger partial charge in [-0.25, -0.2) is 0 Å². The molecule has 3 heteroatoms. The number of hydrogen-bond acceptors (Lipinski definition) is 2. The molecular weight excluding hydrogens is 464 g/mol. The lowest BCUT2D eigenvalue weighted by atomic mass is 9.99. The molecule has 6 rings (SSSR count). The molecule has 38 heavy (non-hydrogen) atoms. The second kappa shape index (κ2) is 10.7. The molecule has 0 saturated heterocycles. The van der Waals surface area contributed by atoms with Crippen LogP contribution in [0.1, 0.15) is 22.3 Å². The summed E-state index contributed by atoms with van der Waals surface area (Å²) in [6.07, 6.45) is 0.546. The third-order valence-electron chi connectivity index (χ3n) is 6.98. The summed E-state index contributed by atoms with van der Waals surface area (Å²) in [5.41, 5.74) is 8.21. The molecule has 3 nitrogen and oxygen atoms in total. The third-order valence-corrected chi connectivity index (χ3v) is 6.98. The summed E-state index contributed by atoms with van der Waals surface area (Å²) >= 11 is 0. The molecule has 0 saturated carbocycles. The second-order valence-electron chi connectivity index (χ2n) is 9.56. The Kier molecular flexibility index (Phi) is 6.65. The van der Waals surface area contributed by atoms with E-state index in [0.717, 1.165) is 44.8 Å². The molecule has 184 valence electrons. The van der Waals surface area contributed by atoms with Crippen LogP contribution in [0, 0.1) is 0 Å². The van der Waals surface area contributed by atoms with Crippen molar-refractivity contribution in [1.82, 2.24) is 0 Å². The Morgan fingerprint density at radius 3 is 1.89 bits per heavy atom. The van der Waals surface area contributed by atoms with Gasteiger partial charge in [-0.3, -0.25) is 9.79 Å². The molecule has 0 bridgehead atoms. The highest BCUT2D eigenvalue weighted by Gasteiger charge is 2.32. The molecule has 0 fully saturated rings. The zero-order valence-electron chi connectivity index (χ0n) is 21.1. The minimum atomic E-state index is -0.530. The van der Waals surface area contributed by atoms with Crippen molar-refractivity contribution in [2.24, 2.45) is 4.99 Å². The quantitative estimate of drug-likeness (QED) is 0.244. The number of benzodiazepines with no additional fused rings is 1. The maximum absolute atomic E-state index is 14.3. The Hall–Kier alpha value is -4.76. The number of amides is 1. The van der Waals surface area contributed by atoms with Crippen LogP contribution in [0.25, 0.3) is 11.1 Å². The lowest BCUT2D eigenvalue weighted by Crippen LogP contribution is -2.38.